The van der Waals surface area contributed by atoms with E-state index in [2.05, 4.69) is 36.8 Å². The SMILES string of the molecule is CCCc1nnsc1-c1nc2nc(NC)ccc2[nH]1. The highest BCUT2D eigenvalue weighted by Crippen LogP contribution is 2.26. The van der Waals surface area contributed by atoms with Gasteiger partial charge in [-0.3, -0.25) is 0 Å². The van der Waals surface area contributed by atoms with Crippen LogP contribution in [0.5, 0.6) is 0 Å². The van der Waals surface area contributed by atoms with Gasteiger partial charge in [0.25, 0.3) is 0 Å². The first kappa shape index (κ1) is 12.0. The van der Waals surface area contributed by atoms with Gasteiger partial charge in [0, 0.05) is 7.05 Å². The minimum Gasteiger partial charge on any atom is -0.373 e. The smallest absolute Gasteiger partial charge is 0.180 e. The number of nitrogens with one attached hydrogen (secondary N) is 2. The topological polar surface area (TPSA) is 79.4 Å². The predicted molar refractivity (Wildman–Crippen MR) is 76.3 cm³/mol. The number of H-pyrrole nitrogens is 1. The maximum Gasteiger partial charge on any atom is 0.180 e. The highest BCUT2D eigenvalue weighted by Gasteiger charge is 2.14. The lowest BCUT2D eigenvalue weighted by Crippen LogP contribution is -1.91. The number of rotatable bonds is 4. The molecule has 0 aromatic carbocycles. The van der Waals surface area contributed by atoms with Crippen molar-refractivity contribution in [1.82, 2.24) is 24.5 Å². The predicted octanol–water partition coefficient (Wildman–Crippen LogP) is 2.47. The van der Waals surface area contributed by atoms with Crippen LogP contribution in [-0.2, 0) is 6.42 Å². The molecule has 7 heteroatoms. The van der Waals surface area contributed by atoms with Crippen LogP contribution in [0.25, 0.3) is 21.9 Å². The number of aromatic nitrogens is 5. The van der Waals surface area contributed by atoms with E-state index in [0.29, 0.717) is 5.65 Å². The molecule has 0 unspecified atom stereocenters. The van der Waals surface area contributed by atoms with E-state index in [0.717, 1.165) is 40.6 Å². The summed E-state index contributed by atoms with van der Waals surface area (Å²) in [6, 6.07) is 3.89. The van der Waals surface area contributed by atoms with Crippen LogP contribution < -0.4 is 5.32 Å². The van der Waals surface area contributed by atoms with Gasteiger partial charge < -0.3 is 10.3 Å². The molecule has 3 aromatic heterocycles. The van der Waals surface area contributed by atoms with Crippen molar-refractivity contribution in [3.05, 3.63) is 17.8 Å². The molecule has 98 valence electrons. The van der Waals surface area contributed by atoms with Crippen LogP contribution in [0, 0.1) is 0 Å². The second-order valence-electron chi connectivity index (χ2n) is 4.20. The Hall–Kier alpha value is -2.02. The summed E-state index contributed by atoms with van der Waals surface area (Å²) in [5, 5.41) is 7.17. The molecular formula is C12H14N6S. The van der Waals surface area contributed by atoms with Gasteiger partial charge in [-0.15, -0.1) is 5.10 Å². The largest absolute Gasteiger partial charge is 0.373 e. The summed E-state index contributed by atoms with van der Waals surface area (Å²) in [6.45, 7) is 2.13. The minimum absolute atomic E-state index is 0.706. The Labute approximate surface area is 114 Å². The van der Waals surface area contributed by atoms with Crippen LogP contribution >= 0.6 is 11.5 Å². The zero-order valence-corrected chi connectivity index (χ0v) is 11.6. The van der Waals surface area contributed by atoms with Gasteiger partial charge >= 0.3 is 0 Å². The van der Waals surface area contributed by atoms with E-state index in [4.69, 9.17) is 0 Å². The van der Waals surface area contributed by atoms with Crippen LogP contribution in [0.2, 0.25) is 0 Å². The van der Waals surface area contributed by atoms with Crippen LogP contribution in [-0.4, -0.2) is 31.6 Å². The number of anilines is 1. The lowest BCUT2D eigenvalue weighted by atomic mass is 10.2. The second kappa shape index (κ2) is 4.93. The van der Waals surface area contributed by atoms with E-state index in [9.17, 15) is 0 Å². The third-order valence-corrected chi connectivity index (χ3v) is 3.63. The molecule has 0 fully saturated rings. The van der Waals surface area contributed by atoms with Crippen molar-refractivity contribution in [3.63, 3.8) is 0 Å². The first-order valence-electron chi connectivity index (χ1n) is 6.18. The molecule has 0 spiro atoms. The van der Waals surface area contributed by atoms with Crippen molar-refractivity contribution >= 4 is 28.5 Å². The molecule has 0 amide bonds. The van der Waals surface area contributed by atoms with Gasteiger partial charge in [0.05, 0.1) is 11.2 Å². The summed E-state index contributed by atoms with van der Waals surface area (Å²) < 4.78 is 4.02. The van der Waals surface area contributed by atoms with Crippen LogP contribution in [0.15, 0.2) is 12.1 Å². The zero-order valence-electron chi connectivity index (χ0n) is 10.8. The molecule has 19 heavy (non-hydrogen) atoms. The molecule has 0 saturated heterocycles. The number of imidazole rings is 1. The monoisotopic (exact) mass is 274 g/mol. The van der Waals surface area contributed by atoms with Gasteiger partial charge in [-0.25, -0.2) is 9.97 Å². The number of aryl methyl sites for hydroxylation is 1. The summed E-state index contributed by atoms with van der Waals surface area (Å²) in [4.78, 5) is 13.2. The van der Waals surface area contributed by atoms with E-state index in [-0.39, 0.29) is 0 Å². The Morgan fingerprint density at radius 3 is 3.00 bits per heavy atom. The van der Waals surface area contributed by atoms with E-state index in [1.807, 2.05) is 19.2 Å². The minimum atomic E-state index is 0.706. The molecule has 6 nitrogen and oxygen atoms in total. The van der Waals surface area contributed by atoms with Gasteiger partial charge in [-0.2, -0.15) is 0 Å². The molecule has 3 aromatic rings. The number of nitrogens with zero attached hydrogens (tertiary/aromatic N) is 4. The maximum atomic E-state index is 4.53. The van der Waals surface area contributed by atoms with Gasteiger partial charge in [0.15, 0.2) is 11.5 Å². The van der Waals surface area contributed by atoms with Crippen molar-refractivity contribution in [2.45, 2.75) is 19.8 Å². The molecule has 0 aliphatic heterocycles. The summed E-state index contributed by atoms with van der Waals surface area (Å²) in [7, 11) is 1.84. The van der Waals surface area contributed by atoms with Crippen molar-refractivity contribution in [3.8, 4) is 10.7 Å². The molecule has 0 bridgehead atoms. The molecule has 0 aliphatic carbocycles. The fourth-order valence-corrected chi connectivity index (χ4v) is 2.58. The molecule has 0 saturated carbocycles. The van der Waals surface area contributed by atoms with Gasteiger partial charge in [0.2, 0.25) is 0 Å². The van der Waals surface area contributed by atoms with E-state index in [1.54, 1.807) is 0 Å². The second-order valence-corrected chi connectivity index (χ2v) is 4.96. The van der Waals surface area contributed by atoms with Crippen LogP contribution in [0.1, 0.15) is 19.0 Å². The number of pyridine rings is 1. The number of hydrogen-bond acceptors (Lipinski definition) is 6. The van der Waals surface area contributed by atoms with E-state index in [1.165, 1.54) is 11.5 Å². The summed E-state index contributed by atoms with van der Waals surface area (Å²) in [6.07, 6.45) is 1.96. The quantitative estimate of drug-likeness (QED) is 0.764. The molecule has 2 N–H and O–H groups in total. The standard InChI is InChI=1S/C12H14N6S/c1-3-4-7-10(19-18-17-7)12-14-8-5-6-9(13-2)15-11(8)16-12/h5-6H,3-4H2,1-2H3,(H2,13,14,15,16). The number of hydrogen-bond donors (Lipinski definition) is 2. The lowest BCUT2D eigenvalue weighted by Gasteiger charge is -1.95. The Balaban J connectivity index is 2.07. The third kappa shape index (κ3) is 2.17. The molecule has 0 radical (unpaired) electrons. The molecule has 3 rings (SSSR count). The Bertz CT molecular complexity index is 701. The van der Waals surface area contributed by atoms with Gasteiger partial charge in [0.1, 0.15) is 10.7 Å². The fraction of sp³-hybridized carbons (Fsp3) is 0.333. The first-order valence-corrected chi connectivity index (χ1v) is 6.95. The van der Waals surface area contributed by atoms with Crippen molar-refractivity contribution in [2.24, 2.45) is 0 Å². The zero-order chi connectivity index (χ0) is 13.2. The Morgan fingerprint density at radius 1 is 1.32 bits per heavy atom. The van der Waals surface area contributed by atoms with E-state index >= 15 is 0 Å². The average Bonchev–Trinajstić information content (AvgIpc) is 3.03. The van der Waals surface area contributed by atoms with Gasteiger partial charge in [-0.1, -0.05) is 17.8 Å². The maximum absolute atomic E-state index is 4.53. The van der Waals surface area contributed by atoms with Gasteiger partial charge in [-0.05, 0) is 30.1 Å². The summed E-state index contributed by atoms with van der Waals surface area (Å²) >= 11 is 1.37. The summed E-state index contributed by atoms with van der Waals surface area (Å²) in [5.74, 6) is 1.61. The van der Waals surface area contributed by atoms with Crippen LogP contribution in [0.4, 0.5) is 5.82 Å². The lowest BCUT2D eigenvalue weighted by molar-refractivity contribution is 0.870. The molecule has 3 heterocycles. The highest BCUT2D eigenvalue weighted by atomic mass is 32.1. The van der Waals surface area contributed by atoms with E-state index < -0.39 is 0 Å². The van der Waals surface area contributed by atoms with Crippen molar-refractivity contribution in [1.29, 1.82) is 0 Å². The molecular weight excluding hydrogens is 260 g/mol. The number of fused-ring (bicyclic) bond motifs is 1. The average molecular weight is 274 g/mol. The highest BCUT2D eigenvalue weighted by molar-refractivity contribution is 7.09. The van der Waals surface area contributed by atoms with Crippen molar-refractivity contribution < 1.29 is 0 Å². The normalized spacial score (nSPS) is 11.1. The number of aromatic amines is 1. The summed E-state index contributed by atoms with van der Waals surface area (Å²) in [5.41, 5.74) is 2.63. The molecule has 0 aliphatic rings. The Morgan fingerprint density at radius 2 is 2.21 bits per heavy atom. The van der Waals surface area contributed by atoms with Crippen LogP contribution in [0.3, 0.4) is 0 Å². The first-order chi connectivity index (χ1) is 9.31. The van der Waals surface area contributed by atoms with Crippen molar-refractivity contribution in [2.75, 3.05) is 12.4 Å². The molecule has 0 atom stereocenters. The third-order valence-electron chi connectivity index (χ3n) is 2.86. The Kier molecular flexibility index (Phi) is 3.12. The fourth-order valence-electron chi connectivity index (χ4n) is 1.93.